The van der Waals surface area contributed by atoms with E-state index in [2.05, 4.69) is 10.3 Å². The fraction of sp³-hybridized carbons (Fsp3) is 0.438. The van der Waals surface area contributed by atoms with Crippen molar-refractivity contribution in [3.05, 3.63) is 29.5 Å². The number of benzene rings is 1. The van der Waals surface area contributed by atoms with Crippen molar-refractivity contribution < 1.29 is 14.3 Å². The number of carbonyl (C=O) groups is 1. The third kappa shape index (κ3) is 2.74. The summed E-state index contributed by atoms with van der Waals surface area (Å²) in [5, 5.41) is 3.96. The molecule has 1 amide bonds. The van der Waals surface area contributed by atoms with Crippen LogP contribution in [-0.4, -0.2) is 37.3 Å². The first kappa shape index (κ1) is 13.9. The van der Waals surface area contributed by atoms with Crippen LogP contribution in [0.5, 0.6) is 5.75 Å². The summed E-state index contributed by atoms with van der Waals surface area (Å²) in [5.74, 6) is 0.703. The van der Waals surface area contributed by atoms with Crippen molar-refractivity contribution in [1.29, 1.82) is 0 Å². The lowest BCUT2D eigenvalue weighted by atomic mass is 10.1. The Balaban J connectivity index is 1.79. The summed E-state index contributed by atoms with van der Waals surface area (Å²) < 4.78 is 10.7. The maximum Gasteiger partial charge on any atom is 0.268 e. The van der Waals surface area contributed by atoms with E-state index in [-0.39, 0.29) is 12.0 Å². The molecule has 2 aromatic rings. The van der Waals surface area contributed by atoms with E-state index in [1.54, 1.807) is 7.11 Å². The van der Waals surface area contributed by atoms with Gasteiger partial charge in [0.15, 0.2) is 0 Å². The minimum absolute atomic E-state index is 0.0850. The van der Waals surface area contributed by atoms with E-state index in [4.69, 9.17) is 9.47 Å². The number of rotatable bonds is 4. The molecule has 21 heavy (non-hydrogen) atoms. The van der Waals surface area contributed by atoms with E-state index >= 15 is 0 Å². The minimum Gasteiger partial charge on any atom is -0.497 e. The first-order valence-corrected chi connectivity index (χ1v) is 7.25. The molecule has 1 atom stereocenters. The molecule has 1 aliphatic rings. The topological polar surface area (TPSA) is 63.4 Å². The van der Waals surface area contributed by atoms with E-state index in [0.29, 0.717) is 12.2 Å². The van der Waals surface area contributed by atoms with Gasteiger partial charge in [0.1, 0.15) is 11.4 Å². The van der Waals surface area contributed by atoms with Gasteiger partial charge >= 0.3 is 0 Å². The highest BCUT2D eigenvalue weighted by Crippen LogP contribution is 2.26. The van der Waals surface area contributed by atoms with Gasteiger partial charge in [0.25, 0.3) is 5.91 Å². The fourth-order valence-corrected chi connectivity index (χ4v) is 2.76. The lowest BCUT2D eigenvalue weighted by Crippen LogP contribution is -2.32. The van der Waals surface area contributed by atoms with E-state index < -0.39 is 0 Å². The normalized spacial score (nSPS) is 18.1. The van der Waals surface area contributed by atoms with Crippen molar-refractivity contribution in [1.82, 2.24) is 10.3 Å². The van der Waals surface area contributed by atoms with Gasteiger partial charge in [-0.05, 0) is 43.5 Å². The molecule has 112 valence electrons. The fourth-order valence-electron chi connectivity index (χ4n) is 2.76. The molecular weight excluding hydrogens is 268 g/mol. The largest absolute Gasteiger partial charge is 0.497 e. The van der Waals surface area contributed by atoms with Crippen molar-refractivity contribution in [2.24, 2.45) is 0 Å². The molecule has 0 radical (unpaired) electrons. The number of nitrogens with one attached hydrogen (secondary N) is 2. The van der Waals surface area contributed by atoms with Crippen LogP contribution in [0.4, 0.5) is 0 Å². The van der Waals surface area contributed by atoms with Crippen molar-refractivity contribution in [2.45, 2.75) is 25.9 Å². The second-order valence-corrected chi connectivity index (χ2v) is 5.38. The van der Waals surface area contributed by atoms with Gasteiger partial charge in [-0.3, -0.25) is 4.79 Å². The summed E-state index contributed by atoms with van der Waals surface area (Å²) in [6.07, 6.45) is 2.24. The Morgan fingerprint density at radius 1 is 1.52 bits per heavy atom. The second-order valence-electron chi connectivity index (χ2n) is 5.38. The molecule has 1 aliphatic heterocycles. The number of hydrogen-bond acceptors (Lipinski definition) is 3. The number of amides is 1. The molecule has 0 aliphatic carbocycles. The average molecular weight is 288 g/mol. The van der Waals surface area contributed by atoms with Crippen LogP contribution in [0.1, 0.15) is 28.9 Å². The first-order chi connectivity index (χ1) is 10.2. The van der Waals surface area contributed by atoms with Crippen LogP contribution in [0, 0.1) is 6.92 Å². The molecule has 1 fully saturated rings. The number of aromatic nitrogens is 1. The molecule has 5 nitrogen and oxygen atoms in total. The Labute approximate surface area is 123 Å². The molecule has 2 heterocycles. The molecule has 1 saturated heterocycles. The van der Waals surface area contributed by atoms with Crippen molar-refractivity contribution in [3.63, 3.8) is 0 Å². The number of methoxy groups -OCH3 is 1. The van der Waals surface area contributed by atoms with Crippen LogP contribution >= 0.6 is 0 Å². The van der Waals surface area contributed by atoms with Crippen molar-refractivity contribution in [3.8, 4) is 5.75 Å². The minimum atomic E-state index is -0.0850. The zero-order valence-electron chi connectivity index (χ0n) is 12.4. The van der Waals surface area contributed by atoms with Gasteiger partial charge in [-0.2, -0.15) is 0 Å². The zero-order chi connectivity index (χ0) is 14.8. The molecular formula is C16H20N2O3. The smallest absolute Gasteiger partial charge is 0.268 e. The zero-order valence-corrected chi connectivity index (χ0v) is 12.4. The number of carbonyl (C=O) groups excluding carboxylic acids is 1. The van der Waals surface area contributed by atoms with Crippen LogP contribution in [0.3, 0.4) is 0 Å². The predicted octanol–water partition coefficient (Wildman–Crippen LogP) is 2.39. The van der Waals surface area contributed by atoms with Crippen LogP contribution in [-0.2, 0) is 4.74 Å². The summed E-state index contributed by atoms with van der Waals surface area (Å²) >= 11 is 0. The number of aromatic amines is 1. The van der Waals surface area contributed by atoms with Gasteiger partial charge in [-0.1, -0.05) is 0 Å². The number of hydrogen-bond donors (Lipinski definition) is 2. The van der Waals surface area contributed by atoms with E-state index in [0.717, 1.165) is 41.7 Å². The predicted molar refractivity (Wildman–Crippen MR) is 80.9 cm³/mol. The van der Waals surface area contributed by atoms with Crippen molar-refractivity contribution >= 4 is 16.8 Å². The highest BCUT2D eigenvalue weighted by molar-refractivity contribution is 6.01. The lowest BCUT2D eigenvalue weighted by molar-refractivity contribution is 0.0854. The molecule has 0 spiro atoms. The Bertz CT molecular complexity index is 657. The molecule has 3 rings (SSSR count). The van der Waals surface area contributed by atoms with Crippen LogP contribution in [0.15, 0.2) is 18.2 Å². The van der Waals surface area contributed by atoms with Crippen LogP contribution in [0.2, 0.25) is 0 Å². The molecule has 2 N–H and O–H groups in total. The van der Waals surface area contributed by atoms with Crippen LogP contribution < -0.4 is 10.1 Å². The van der Waals surface area contributed by atoms with E-state index in [9.17, 15) is 4.79 Å². The van der Waals surface area contributed by atoms with E-state index in [1.807, 2.05) is 25.1 Å². The third-order valence-corrected chi connectivity index (χ3v) is 4.01. The summed E-state index contributed by atoms with van der Waals surface area (Å²) in [6, 6.07) is 5.75. The maximum atomic E-state index is 12.3. The quantitative estimate of drug-likeness (QED) is 0.908. The van der Waals surface area contributed by atoms with Gasteiger partial charge in [-0.25, -0.2) is 0 Å². The summed E-state index contributed by atoms with van der Waals surface area (Å²) in [6.45, 7) is 3.31. The lowest BCUT2D eigenvalue weighted by Gasteiger charge is -2.10. The monoisotopic (exact) mass is 288 g/mol. The van der Waals surface area contributed by atoms with Crippen molar-refractivity contribution in [2.75, 3.05) is 20.3 Å². The number of ether oxygens (including phenoxy) is 2. The summed E-state index contributed by atoms with van der Waals surface area (Å²) in [7, 11) is 1.64. The second kappa shape index (κ2) is 5.77. The Hall–Kier alpha value is -2.01. The number of fused-ring (bicyclic) bond motifs is 1. The molecule has 1 unspecified atom stereocenters. The Morgan fingerprint density at radius 3 is 3.10 bits per heavy atom. The molecule has 0 saturated carbocycles. The summed E-state index contributed by atoms with van der Waals surface area (Å²) in [4.78, 5) is 15.5. The highest BCUT2D eigenvalue weighted by atomic mass is 16.5. The standard InChI is InChI=1S/C16H20N2O3/c1-10-13-8-11(20-2)5-6-14(13)18-15(10)16(19)17-9-12-4-3-7-21-12/h5-6,8,12,18H,3-4,7,9H2,1-2H3,(H,17,19). The van der Waals surface area contributed by atoms with Gasteiger partial charge in [0.2, 0.25) is 0 Å². The van der Waals surface area contributed by atoms with Gasteiger partial charge in [-0.15, -0.1) is 0 Å². The van der Waals surface area contributed by atoms with Gasteiger partial charge < -0.3 is 19.8 Å². The SMILES string of the molecule is COc1ccc2[nH]c(C(=O)NCC3CCCO3)c(C)c2c1. The Morgan fingerprint density at radius 2 is 2.38 bits per heavy atom. The summed E-state index contributed by atoms with van der Waals surface area (Å²) in [5.41, 5.74) is 2.49. The van der Waals surface area contributed by atoms with E-state index in [1.165, 1.54) is 0 Å². The molecule has 0 bridgehead atoms. The van der Waals surface area contributed by atoms with Gasteiger partial charge in [0.05, 0.1) is 13.2 Å². The molecule has 1 aromatic heterocycles. The number of aryl methyl sites for hydroxylation is 1. The highest BCUT2D eigenvalue weighted by Gasteiger charge is 2.19. The average Bonchev–Trinajstić information content (AvgIpc) is 3.13. The van der Waals surface area contributed by atoms with Crippen LogP contribution in [0.25, 0.3) is 10.9 Å². The molecule has 1 aromatic carbocycles. The van der Waals surface area contributed by atoms with Gasteiger partial charge in [0, 0.05) is 24.1 Å². The third-order valence-electron chi connectivity index (χ3n) is 4.01. The first-order valence-electron chi connectivity index (χ1n) is 7.25. The number of H-pyrrole nitrogens is 1. The Kier molecular flexibility index (Phi) is 3.84. The maximum absolute atomic E-state index is 12.3. The molecule has 5 heteroatoms.